The second kappa shape index (κ2) is 6.30. The Labute approximate surface area is 132 Å². The van der Waals surface area contributed by atoms with Gasteiger partial charge in [0.1, 0.15) is 0 Å². The molecule has 0 spiro atoms. The van der Waals surface area contributed by atoms with Crippen molar-refractivity contribution in [2.24, 2.45) is 5.92 Å². The van der Waals surface area contributed by atoms with Crippen molar-refractivity contribution < 1.29 is 4.79 Å². The van der Waals surface area contributed by atoms with Gasteiger partial charge in [-0.05, 0) is 50.3 Å². The van der Waals surface area contributed by atoms with Crippen LogP contribution in [-0.4, -0.2) is 21.8 Å². The fourth-order valence-electron chi connectivity index (χ4n) is 2.77. The number of aryl methyl sites for hydroxylation is 1. The van der Waals surface area contributed by atoms with Crippen LogP contribution in [-0.2, 0) is 6.54 Å². The molecule has 0 N–H and O–H groups in total. The van der Waals surface area contributed by atoms with Crippen molar-refractivity contribution in [2.75, 3.05) is 0 Å². The summed E-state index contributed by atoms with van der Waals surface area (Å²) in [4.78, 5) is 19.2. The summed E-state index contributed by atoms with van der Waals surface area (Å²) < 4.78 is 0. The van der Waals surface area contributed by atoms with Crippen LogP contribution >= 0.6 is 0 Å². The first-order chi connectivity index (χ1) is 10.6. The van der Waals surface area contributed by atoms with E-state index in [1.807, 2.05) is 42.2 Å². The first-order valence-electron chi connectivity index (χ1n) is 7.92. The molecule has 1 unspecified atom stereocenters. The third-order valence-corrected chi connectivity index (χ3v) is 4.41. The highest BCUT2D eigenvalue weighted by Gasteiger charge is 2.34. The number of rotatable bonds is 5. The van der Waals surface area contributed by atoms with Crippen LogP contribution in [0.25, 0.3) is 0 Å². The van der Waals surface area contributed by atoms with Gasteiger partial charge in [0, 0.05) is 24.5 Å². The van der Waals surface area contributed by atoms with Crippen molar-refractivity contribution in [2.45, 2.75) is 39.3 Å². The Morgan fingerprint density at radius 2 is 1.95 bits per heavy atom. The van der Waals surface area contributed by atoms with Crippen LogP contribution in [0.5, 0.6) is 0 Å². The van der Waals surface area contributed by atoms with Crippen LogP contribution < -0.4 is 0 Å². The molecule has 1 saturated carbocycles. The lowest BCUT2D eigenvalue weighted by atomic mass is 10.1. The lowest BCUT2D eigenvalue weighted by molar-refractivity contribution is 0.0654. The van der Waals surface area contributed by atoms with Crippen LogP contribution in [0.15, 0.2) is 48.7 Å². The number of hydrogen-bond acceptors (Lipinski definition) is 2. The molecule has 1 atom stereocenters. The molecule has 3 nitrogen and oxygen atoms in total. The van der Waals surface area contributed by atoms with E-state index in [0.29, 0.717) is 18.0 Å². The molecular formula is C19H22N2O. The zero-order valence-electron chi connectivity index (χ0n) is 13.2. The predicted molar refractivity (Wildman–Crippen MR) is 87.5 cm³/mol. The first kappa shape index (κ1) is 14.8. The lowest BCUT2D eigenvalue weighted by Gasteiger charge is -2.29. The summed E-state index contributed by atoms with van der Waals surface area (Å²) in [6.07, 6.45) is 4.15. The van der Waals surface area contributed by atoms with E-state index >= 15 is 0 Å². The van der Waals surface area contributed by atoms with Gasteiger partial charge in [0.15, 0.2) is 0 Å². The van der Waals surface area contributed by atoms with Crippen molar-refractivity contribution in [3.63, 3.8) is 0 Å². The zero-order valence-corrected chi connectivity index (χ0v) is 13.2. The highest BCUT2D eigenvalue weighted by molar-refractivity contribution is 5.94. The number of benzene rings is 1. The molecule has 2 aromatic rings. The van der Waals surface area contributed by atoms with Crippen molar-refractivity contribution in [1.29, 1.82) is 0 Å². The largest absolute Gasteiger partial charge is 0.331 e. The summed E-state index contributed by atoms with van der Waals surface area (Å²) in [5, 5.41) is 0. The van der Waals surface area contributed by atoms with Crippen molar-refractivity contribution >= 4 is 5.91 Å². The number of carbonyl (C=O) groups is 1. The fourth-order valence-corrected chi connectivity index (χ4v) is 2.77. The van der Waals surface area contributed by atoms with E-state index in [0.717, 1.165) is 5.69 Å². The standard InChI is InChI=1S/C19H22N2O/c1-14-8-9-18(12-20-14)19(22)21(15(2)17-10-11-17)13-16-6-4-3-5-7-16/h3-9,12,15,17H,10-11,13H2,1-2H3. The molecule has 114 valence electrons. The monoisotopic (exact) mass is 294 g/mol. The van der Waals surface area contributed by atoms with Crippen LogP contribution in [0.3, 0.4) is 0 Å². The van der Waals surface area contributed by atoms with Crippen LogP contribution in [0.2, 0.25) is 0 Å². The van der Waals surface area contributed by atoms with Gasteiger partial charge in [-0.1, -0.05) is 30.3 Å². The molecule has 1 amide bonds. The summed E-state index contributed by atoms with van der Waals surface area (Å²) in [6, 6.07) is 14.2. The lowest BCUT2D eigenvalue weighted by Crippen LogP contribution is -2.39. The molecule has 1 aliphatic rings. The Kier molecular flexibility index (Phi) is 4.23. The van der Waals surface area contributed by atoms with Crippen molar-refractivity contribution in [1.82, 2.24) is 9.88 Å². The van der Waals surface area contributed by atoms with Crippen LogP contribution in [0, 0.1) is 12.8 Å². The first-order valence-corrected chi connectivity index (χ1v) is 7.92. The highest BCUT2D eigenvalue weighted by atomic mass is 16.2. The Balaban J connectivity index is 1.84. The Morgan fingerprint density at radius 3 is 2.55 bits per heavy atom. The molecule has 1 heterocycles. The van der Waals surface area contributed by atoms with E-state index in [-0.39, 0.29) is 11.9 Å². The van der Waals surface area contributed by atoms with E-state index in [1.165, 1.54) is 18.4 Å². The molecule has 1 aliphatic carbocycles. The minimum atomic E-state index is 0.0794. The average molecular weight is 294 g/mol. The molecule has 22 heavy (non-hydrogen) atoms. The second-order valence-electron chi connectivity index (χ2n) is 6.18. The molecule has 0 saturated heterocycles. The SMILES string of the molecule is Cc1ccc(C(=O)N(Cc2ccccc2)C(C)C2CC2)cn1. The number of aromatic nitrogens is 1. The van der Waals surface area contributed by atoms with E-state index in [4.69, 9.17) is 0 Å². The maximum absolute atomic E-state index is 12.9. The van der Waals surface area contributed by atoms with Crippen LogP contribution in [0.1, 0.15) is 41.4 Å². The van der Waals surface area contributed by atoms with Crippen molar-refractivity contribution in [3.05, 3.63) is 65.5 Å². The topological polar surface area (TPSA) is 33.2 Å². The molecule has 0 bridgehead atoms. The number of hydrogen-bond donors (Lipinski definition) is 0. The third-order valence-electron chi connectivity index (χ3n) is 4.41. The molecule has 3 heteroatoms. The van der Waals surface area contributed by atoms with Gasteiger partial charge < -0.3 is 4.90 Å². The quantitative estimate of drug-likeness (QED) is 0.839. The summed E-state index contributed by atoms with van der Waals surface area (Å²) in [5.41, 5.74) is 2.78. The third kappa shape index (κ3) is 3.35. The molecule has 0 aliphatic heterocycles. The van der Waals surface area contributed by atoms with Gasteiger partial charge in [0.2, 0.25) is 0 Å². The van der Waals surface area contributed by atoms with E-state index < -0.39 is 0 Å². The normalized spacial score (nSPS) is 15.4. The minimum absolute atomic E-state index is 0.0794. The maximum Gasteiger partial charge on any atom is 0.255 e. The Morgan fingerprint density at radius 1 is 1.23 bits per heavy atom. The number of amides is 1. The Bertz CT molecular complexity index is 632. The van der Waals surface area contributed by atoms with Gasteiger partial charge in [-0.25, -0.2) is 0 Å². The van der Waals surface area contributed by atoms with Gasteiger partial charge in [-0.2, -0.15) is 0 Å². The summed E-state index contributed by atoms with van der Waals surface area (Å²) in [6.45, 7) is 4.76. The van der Waals surface area contributed by atoms with E-state index in [9.17, 15) is 4.79 Å². The molecule has 3 rings (SSSR count). The molecular weight excluding hydrogens is 272 g/mol. The molecule has 1 aromatic heterocycles. The predicted octanol–water partition coefficient (Wildman–Crippen LogP) is 3.83. The van der Waals surface area contributed by atoms with Gasteiger partial charge in [0.25, 0.3) is 5.91 Å². The second-order valence-corrected chi connectivity index (χ2v) is 6.18. The summed E-state index contributed by atoms with van der Waals surface area (Å²) in [5.74, 6) is 0.724. The Hall–Kier alpha value is -2.16. The highest BCUT2D eigenvalue weighted by Crippen LogP contribution is 2.36. The molecule has 0 radical (unpaired) electrons. The van der Waals surface area contributed by atoms with Gasteiger partial charge >= 0.3 is 0 Å². The van der Waals surface area contributed by atoms with Crippen LogP contribution in [0.4, 0.5) is 0 Å². The number of nitrogens with zero attached hydrogens (tertiary/aromatic N) is 2. The molecule has 1 fully saturated rings. The zero-order chi connectivity index (χ0) is 15.5. The summed E-state index contributed by atoms with van der Waals surface area (Å²) in [7, 11) is 0. The minimum Gasteiger partial charge on any atom is -0.331 e. The number of carbonyl (C=O) groups excluding carboxylic acids is 1. The van der Waals surface area contributed by atoms with Gasteiger partial charge in [0.05, 0.1) is 5.56 Å². The van der Waals surface area contributed by atoms with Crippen molar-refractivity contribution in [3.8, 4) is 0 Å². The van der Waals surface area contributed by atoms with Gasteiger partial charge in [-0.15, -0.1) is 0 Å². The smallest absolute Gasteiger partial charge is 0.255 e. The van der Waals surface area contributed by atoms with Gasteiger partial charge in [-0.3, -0.25) is 9.78 Å². The van der Waals surface area contributed by atoms with E-state index in [2.05, 4.69) is 24.0 Å². The summed E-state index contributed by atoms with van der Waals surface area (Å²) >= 11 is 0. The fraction of sp³-hybridized carbons (Fsp3) is 0.368. The van der Waals surface area contributed by atoms with E-state index in [1.54, 1.807) is 6.20 Å². The maximum atomic E-state index is 12.9. The average Bonchev–Trinajstić information content (AvgIpc) is 3.38. The number of pyridine rings is 1. The molecule has 1 aromatic carbocycles.